The molecule has 0 radical (unpaired) electrons. The highest BCUT2D eigenvalue weighted by molar-refractivity contribution is 6.42. The van der Waals surface area contributed by atoms with E-state index in [9.17, 15) is 9.59 Å². The van der Waals surface area contributed by atoms with Crippen molar-refractivity contribution in [2.45, 2.75) is 38.8 Å². The molecule has 2 amide bonds. The second kappa shape index (κ2) is 12.8. The van der Waals surface area contributed by atoms with E-state index in [-0.39, 0.29) is 24.8 Å². The zero-order valence-corrected chi connectivity index (χ0v) is 21.2. The Hall–Kier alpha value is -2.53. The van der Waals surface area contributed by atoms with Crippen LogP contribution in [0.1, 0.15) is 30.0 Å². The number of rotatable bonds is 10. The minimum atomic E-state index is -0.710. The first-order chi connectivity index (χ1) is 16.4. The van der Waals surface area contributed by atoms with E-state index in [0.29, 0.717) is 33.6 Å². The van der Waals surface area contributed by atoms with Crippen LogP contribution in [-0.2, 0) is 29.0 Å². The van der Waals surface area contributed by atoms with Gasteiger partial charge in [0.15, 0.2) is 0 Å². The first-order valence-corrected chi connectivity index (χ1v) is 12.3. The average molecular weight is 518 g/mol. The predicted molar refractivity (Wildman–Crippen MR) is 139 cm³/mol. The van der Waals surface area contributed by atoms with Crippen molar-refractivity contribution >= 4 is 46.6 Å². The Morgan fingerprint density at radius 2 is 1.56 bits per heavy atom. The average Bonchev–Trinajstić information content (AvgIpc) is 2.84. The van der Waals surface area contributed by atoms with Crippen LogP contribution in [0, 0.1) is 0 Å². The number of nitrogens with zero attached hydrogens (tertiary/aromatic N) is 1. The van der Waals surface area contributed by atoms with Crippen LogP contribution >= 0.6 is 34.8 Å². The van der Waals surface area contributed by atoms with Crippen molar-refractivity contribution in [2.24, 2.45) is 0 Å². The maximum Gasteiger partial charge on any atom is 0.243 e. The van der Waals surface area contributed by atoms with Gasteiger partial charge >= 0.3 is 0 Å². The smallest absolute Gasteiger partial charge is 0.243 e. The molecular weight excluding hydrogens is 491 g/mol. The van der Waals surface area contributed by atoms with E-state index in [2.05, 4.69) is 5.32 Å². The minimum Gasteiger partial charge on any atom is -0.354 e. The van der Waals surface area contributed by atoms with Crippen LogP contribution in [-0.4, -0.2) is 29.3 Å². The number of hydrogen-bond donors (Lipinski definition) is 1. The van der Waals surface area contributed by atoms with Crippen LogP contribution in [0.5, 0.6) is 0 Å². The summed E-state index contributed by atoms with van der Waals surface area (Å²) in [6.45, 7) is 2.73. The van der Waals surface area contributed by atoms with Crippen LogP contribution in [0.3, 0.4) is 0 Å². The fraction of sp³-hybridized carbons (Fsp3) is 0.259. The van der Waals surface area contributed by atoms with E-state index in [1.54, 1.807) is 23.1 Å². The fourth-order valence-corrected chi connectivity index (χ4v) is 4.18. The Labute approximate surface area is 215 Å². The SMILES string of the molecule is CCCNC(=O)[C@H](Cc1ccccc1)N(Cc1ccc(Cl)c(Cl)c1)C(=O)Cc1ccccc1Cl. The molecule has 0 aromatic heterocycles. The summed E-state index contributed by atoms with van der Waals surface area (Å²) in [6, 6.07) is 21.4. The van der Waals surface area contributed by atoms with Crippen LogP contribution in [0.25, 0.3) is 0 Å². The molecule has 0 aliphatic rings. The van der Waals surface area contributed by atoms with Crippen molar-refractivity contribution in [3.05, 3.63) is 105 Å². The zero-order chi connectivity index (χ0) is 24.5. The quantitative estimate of drug-likeness (QED) is 0.340. The molecule has 1 atom stereocenters. The second-order valence-electron chi connectivity index (χ2n) is 8.03. The number of amides is 2. The van der Waals surface area contributed by atoms with Crippen LogP contribution < -0.4 is 5.32 Å². The third-order valence-electron chi connectivity index (χ3n) is 5.46. The molecule has 0 unspecified atom stereocenters. The molecule has 0 saturated carbocycles. The molecule has 3 aromatic rings. The third kappa shape index (κ3) is 7.23. The minimum absolute atomic E-state index is 0.0767. The van der Waals surface area contributed by atoms with Gasteiger partial charge in [0.05, 0.1) is 16.5 Å². The second-order valence-corrected chi connectivity index (χ2v) is 9.26. The normalized spacial score (nSPS) is 11.6. The van der Waals surface area contributed by atoms with Gasteiger partial charge in [-0.25, -0.2) is 0 Å². The summed E-state index contributed by atoms with van der Waals surface area (Å²) in [5.41, 5.74) is 2.45. The van der Waals surface area contributed by atoms with Crippen molar-refractivity contribution in [3.8, 4) is 0 Å². The Kier molecular flexibility index (Phi) is 9.82. The topological polar surface area (TPSA) is 49.4 Å². The summed E-state index contributed by atoms with van der Waals surface area (Å²) in [7, 11) is 0. The maximum absolute atomic E-state index is 13.7. The van der Waals surface area contributed by atoms with Crippen LogP contribution in [0.4, 0.5) is 0 Å². The lowest BCUT2D eigenvalue weighted by atomic mass is 10.0. The zero-order valence-electron chi connectivity index (χ0n) is 18.9. The summed E-state index contributed by atoms with van der Waals surface area (Å²) < 4.78 is 0. The Morgan fingerprint density at radius 1 is 0.853 bits per heavy atom. The van der Waals surface area contributed by atoms with Crippen molar-refractivity contribution in [2.75, 3.05) is 6.54 Å². The summed E-state index contributed by atoms with van der Waals surface area (Å²) >= 11 is 18.7. The monoisotopic (exact) mass is 516 g/mol. The predicted octanol–water partition coefficient (Wildman–Crippen LogP) is 6.36. The molecule has 0 heterocycles. The Balaban J connectivity index is 1.98. The molecule has 7 heteroatoms. The number of benzene rings is 3. The largest absolute Gasteiger partial charge is 0.354 e. The molecular formula is C27H27Cl3N2O2. The van der Waals surface area contributed by atoms with E-state index in [1.165, 1.54) is 0 Å². The lowest BCUT2D eigenvalue weighted by Gasteiger charge is -2.32. The molecule has 0 fully saturated rings. The molecule has 0 spiro atoms. The van der Waals surface area contributed by atoms with Crippen molar-refractivity contribution in [3.63, 3.8) is 0 Å². The van der Waals surface area contributed by atoms with E-state index < -0.39 is 6.04 Å². The van der Waals surface area contributed by atoms with Gasteiger partial charge < -0.3 is 10.2 Å². The molecule has 0 bridgehead atoms. The Bertz CT molecular complexity index is 1120. The lowest BCUT2D eigenvalue weighted by Crippen LogP contribution is -2.51. The summed E-state index contributed by atoms with van der Waals surface area (Å²) in [5, 5.41) is 4.31. The molecule has 0 saturated heterocycles. The molecule has 3 aromatic carbocycles. The first kappa shape index (κ1) is 26.1. The summed E-state index contributed by atoms with van der Waals surface area (Å²) in [4.78, 5) is 28.6. The molecule has 3 rings (SSSR count). The van der Waals surface area contributed by atoms with Gasteiger partial charge in [0.25, 0.3) is 0 Å². The molecule has 0 aliphatic heterocycles. The molecule has 4 nitrogen and oxygen atoms in total. The highest BCUT2D eigenvalue weighted by atomic mass is 35.5. The third-order valence-corrected chi connectivity index (χ3v) is 6.56. The molecule has 178 valence electrons. The molecule has 34 heavy (non-hydrogen) atoms. The number of nitrogens with one attached hydrogen (secondary N) is 1. The summed E-state index contributed by atoms with van der Waals surface area (Å²) in [6.07, 6.45) is 1.25. The van der Waals surface area contributed by atoms with E-state index in [1.807, 2.05) is 61.5 Å². The van der Waals surface area contributed by atoms with Gasteiger partial charge in [-0.2, -0.15) is 0 Å². The number of halogens is 3. The standard InChI is InChI=1S/C27H27Cl3N2O2/c1-2-14-31-27(34)25(16-19-8-4-3-5-9-19)32(18-20-12-13-23(29)24(30)15-20)26(33)17-21-10-6-7-11-22(21)28/h3-13,15,25H,2,14,16-18H2,1H3,(H,31,34)/t25-/m0/s1. The van der Waals surface area contributed by atoms with Crippen LogP contribution in [0.15, 0.2) is 72.8 Å². The number of carbonyl (C=O) groups is 2. The highest BCUT2D eigenvalue weighted by Gasteiger charge is 2.30. The molecule has 0 aliphatic carbocycles. The van der Waals surface area contributed by atoms with Gasteiger partial charge in [-0.05, 0) is 41.3 Å². The van der Waals surface area contributed by atoms with E-state index in [4.69, 9.17) is 34.8 Å². The lowest BCUT2D eigenvalue weighted by molar-refractivity contribution is -0.140. The molecule has 1 N–H and O–H groups in total. The van der Waals surface area contributed by atoms with E-state index >= 15 is 0 Å². The first-order valence-electron chi connectivity index (χ1n) is 11.2. The van der Waals surface area contributed by atoms with Gasteiger partial charge in [0.1, 0.15) is 6.04 Å². The maximum atomic E-state index is 13.7. The Morgan fingerprint density at radius 3 is 2.24 bits per heavy atom. The van der Waals surface area contributed by atoms with Gasteiger partial charge in [-0.1, -0.05) is 96.3 Å². The van der Waals surface area contributed by atoms with Gasteiger partial charge in [-0.15, -0.1) is 0 Å². The number of hydrogen-bond acceptors (Lipinski definition) is 2. The van der Waals surface area contributed by atoms with Crippen LogP contribution in [0.2, 0.25) is 15.1 Å². The van der Waals surface area contributed by atoms with E-state index in [0.717, 1.165) is 17.5 Å². The highest BCUT2D eigenvalue weighted by Crippen LogP contribution is 2.25. The summed E-state index contributed by atoms with van der Waals surface area (Å²) in [5.74, 6) is -0.398. The van der Waals surface area contributed by atoms with Gasteiger partial charge in [0.2, 0.25) is 11.8 Å². The van der Waals surface area contributed by atoms with Gasteiger partial charge in [0, 0.05) is 24.5 Å². The fourth-order valence-electron chi connectivity index (χ4n) is 3.66. The van der Waals surface area contributed by atoms with Crippen molar-refractivity contribution in [1.82, 2.24) is 10.2 Å². The number of carbonyl (C=O) groups excluding carboxylic acids is 2. The van der Waals surface area contributed by atoms with Crippen molar-refractivity contribution < 1.29 is 9.59 Å². The van der Waals surface area contributed by atoms with Crippen molar-refractivity contribution in [1.29, 1.82) is 0 Å². The van der Waals surface area contributed by atoms with Gasteiger partial charge in [-0.3, -0.25) is 9.59 Å².